The monoisotopic (exact) mass is 421 g/mol. The number of fused-ring (bicyclic) bond motifs is 1. The van der Waals surface area contributed by atoms with E-state index in [9.17, 15) is 4.79 Å². The van der Waals surface area contributed by atoms with Crippen molar-refractivity contribution in [1.82, 2.24) is 9.97 Å². The minimum atomic E-state index is -0.0769. The summed E-state index contributed by atoms with van der Waals surface area (Å²) in [6, 6.07) is 0.173. The summed E-state index contributed by atoms with van der Waals surface area (Å²) >= 11 is 3.62. The number of carbonyl (C=O) groups is 1. The average molecular weight is 422 g/mol. The highest BCUT2D eigenvalue weighted by atomic mass is 79.9. The van der Waals surface area contributed by atoms with Gasteiger partial charge in [0.05, 0.1) is 21.2 Å². The fourth-order valence-electron chi connectivity index (χ4n) is 2.95. The number of hydrogen-bond acceptors (Lipinski definition) is 4. The highest BCUT2D eigenvalue weighted by Gasteiger charge is 2.24. The van der Waals surface area contributed by atoms with Crippen LogP contribution < -0.4 is 16.0 Å². The molecule has 2 aromatic rings. The first-order valence-corrected chi connectivity index (χ1v) is 10.2. The van der Waals surface area contributed by atoms with E-state index < -0.39 is 0 Å². The molecule has 0 aromatic carbocycles. The Bertz CT molecular complexity index is 768. The summed E-state index contributed by atoms with van der Waals surface area (Å²) in [5.74, 6) is -0.0842. The van der Waals surface area contributed by atoms with Crippen LogP contribution in [0.15, 0.2) is 16.9 Å². The van der Waals surface area contributed by atoms with E-state index in [1.165, 1.54) is 19.3 Å². The number of anilines is 2. The number of carbonyl (C=O) groups excluding carboxylic acids is 1. The Labute approximate surface area is 163 Å². The van der Waals surface area contributed by atoms with Gasteiger partial charge in [0.25, 0.3) is 0 Å². The molecule has 1 aliphatic heterocycles. The predicted molar refractivity (Wildman–Crippen MR) is 111 cm³/mol. The summed E-state index contributed by atoms with van der Waals surface area (Å²) in [5.41, 5.74) is 8.72. The Morgan fingerprint density at radius 2 is 2.12 bits per heavy atom. The van der Waals surface area contributed by atoms with Gasteiger partial charge in [-0.3, -0.25) is 4.79 Å². The third-order valence-corrected chi connectivity index (χ3v) is 5.12. The molecule has 1 saturated heterocycles. The summed E-state index contributed by atoms with van der Waals surface area (Å²) in [7, 11) is 0. The van der Waals surface area contributed by atoms with E-state index in [4.69, 9.17) is 5.73 Å². The third kappa shape index (κ3) is 4.57. The molecule has 26 heavy (non-hydrogen) atoms. The number of halogens is 1. The van der Waals surface area contributed by atoms with E-state index in [2.05, 4.69) is 36.1 Å². The maximum atomic E-state index is 12.1. The largest absolute Gasteiger partial charge is 0.368 e. The fourth-order valence-corrected chi connectivity index (χ4v) is 3.51. The number of nitrogens with one attached hydrogen (secondary N) is 2. The molecule has 0 radical (unpaired) electrons. The smallest absolute Gasteiger partial charge is 0.226 e. The van der Waals surface area contributed by atoms with Gasteiger partial charge in [0, 0.05) is 37.4 Å². The van der Waals surface area contributed by atoms with Crippen molar-refractivity contribution in [3.8, 4) is 0 Å². The maximum Gasteiger partial charge on any atom is 0.226 e. The first-order chi connectivity index (χ1) is 12.5. The Kier molecular flexibility index (Phi) is 6.19. The lowest BCUT2D eigenvalue weighted by Gasteiger charge is -2.33. The van der Waals surface area contributed by atoms with Gasteiger partial charge in [-0.1, -0.05) is 33.1 Å². The van der Waals surface area contributed by atoms with Crippen molar-refractivity contribution in [1.29, 1.82) is 0 Å². The Morgan fingerprint density at radius 3 is 2.73 bits per heavy atom. The van der Waals surface area contributed by atoms with Crippen molar-refractivity contribution in [2.45, 2.75) is 52.0 Å². The van der Waals surface area contributed by atoms with Crippen LogP contribution in [0.2, 0.25) is 0 Å². The van der Waals surface area contributed by atoms with Crippen molar-refractivity contribution in [2.75, 3.05) is 23.3 Å². The molecule has 4 rings (SSSR count). The zero-order chi connectivity index (χ0) is 18.7. The van der Waals surface area contributed by atoms with Crippen LogP contribution >= 0.6 is 15.9 Å². The standard InChI is InChI=1S/C16H22BrN5O.C3H6/c1-9(2)16(23)21-12-7-20-15-13(12)14(11(17)6-19-15)22-5-3-4-10(18)8-22;1-2-3-1/h6-7,9-10H,3-5,8,18H2,1-2H3,(H,19,20)(H,21,23);1-3H2/t10-;/m1./s1. The molecule has 142 valence electrons. The van der Waals surface area contributed by atoms with Crippen molar-refractivity contribution in [2.24, 2.45) is 11.7 Å². The Hall–Kier alpha value is -1.60. The molecule has 1 saturated carbocycles. The van der Waals surface area contributed by atoms with Crippen LogP contribution in [0, 0.1) is 5.92 Å². The maximum absolute atomic E-state index is 12.1. The van der Waals surface area contributed by atoms with Gasteiger partial charge in [0.15, 0.2) is 0 Å². The van der Waals surface area contributed by atoms with Gasteiger partial charge in [0.1, 0.15) is 5.65 Å². The summed E-state index contributed by atoms with van der Waals surface area (Å²) in [4.78, 5) is 21.9. The van der Waals surface area contributed by atoms with Gasteiger partial charge < -0.3 is 20.9 Å². The molecule has 3 heterocycles. The number of amides is 1. The number of piperidine rings is 1. The molecule has 2 aromatic heterocycles. The predicted octanol–water partition coefficient (Wildman–Crippen LogP) is 4.02. The van der Waals surface area contributed by atoms with Gasteiger partial charge >= 0.3 is 0 Å². The number of aromatic amines is 1. The van der Waals surface area contributed by atoms with E-state index in [1.807, 2.05) is 13.8 Å². The molecule has 0 spiro atoms. The Balaban J connectivity index is 0.000000592. The summed E-state index contributed by atoms with van der Waals surface area (Å²) in [5, 5.41) is 3.93. The van der Waals surface area contributed by atoms with Gasteiger partial charge in [-0.25, -0.2) is 4.98 Å². The number of aromatic nitrogens is 2. The second kappa shape index (κ2) is 8.39. The summed E-state index contributed by atoms with van der Waals surface area (Å²) in [6.07, 6.45) is 10.2. The van der Waals surface area contributed by atoms with Crippen LogP contribution in [0.1, 0.15) is 46.0 Å². The van der Waals surface area contributed by atoms with Gasteiger partial charge in [-0.05, 0) is 28.8 Å². The minimum Gasteiger partial charge on any atom is -0.368 e. The molecular weight excluding hydrogens is 394 g/mol. The number of nitrogens with zero attached hydrogens (tertiary/aromatic N) is 2. The van der Waals surface area contributed by atoms with E-state index in [1.54, 1.807) is 12.4 Å². The first kappa shape index (κ1) is 19.2. The molecule has 0 bridgehead atoms. The molecule has 2 aliphatic rings. The zero-order valence-electron chi connectivity index (χ0n) is 15.5. The van der Waals surface area contributed by atoms with Gasteiger partial charge in [0.2, 0.25) is 5.91 Å². The van der Waals surface area contributed by atoms with Crippen LogP contribution in [-0.2, 0) is 4.79 Å². The number of pyridine rings is 1. The molecule has 1 aliphatic carbocycles. The van der Waals surface area contributed by atoms with Crippen molar-refractivity contribution >= 4 is 44.2 Å². The van der Waals surface area contributed by atoms with Crippen LogP contribution in [0.5, 0.6) is 0 Å². The number of rotatable bonds is 3. The quantitative estimate of drug-likeness (QED) is 0.698. The number of nitrogens with two attached hydrogens (primary N) is 1. The minimum absolute atomic E-state index is 0.00725. The highest BCUT2D eigenvalue weighted by molar-refractivity contribution is 9.10. The van der Waals surface area contributed by atoms with E-state index >= 15 is 0 Å². The molecule has 0 unspecified atom stereocenters. The summed E-state index contributed by atoms with van der Waals surface area (Å²) in [6.45, 7) is 5.51. The molecular formula is C19H28BrN5O. The van der Waals surface area contributed by atoms with Gasteiger partial charge in [-0.15, -0.1) is 0 Å². The van der Waals surface area contributed by atoms with E-state index in [0.717, 1.165) is 52.8 Å². The zero-order valence-corrected chi connectivity index (χ0v) is 17.1. The average Bonchev–Trinajstić information content (AvgIpc) is 3.44. The Morgan fingerprint density at radius 1 is 1.38 bits per heavy atom. The van der Waals surface area contributed by atoms with Crippen LogP contribution in [0.3, 0.4) is 0 Å². The lowest BCUT2D eigenvalue weighted by atomic mass is 10.1. The van der Waals surface area contributed by atoms with Crippen LogP contribution in [-0.4, -0.2) is 35.0 Å². The topological polar surface area (TPSA) is 87.0 Å². The number of H-pyrrole nitrogens is 1. The first-order valence-electron chi connectivity index (χ1n) is 9.44. The SMILES string of the molecule is C1CC1.CC(C)C(=O)Nc1c[nH]c2ncc(Br)c(N3CCC[C@@H](N)C3)c12. The molecule has 2 fully saturated rings. The lowest BCUT2D eigenvalue weighted by molar-refractivity contribution is -0.118. The van der Waals surface area contributed by atoms with Crippen molar-refractivity contribution < 1.29 is 4.79 Å². The van der Waals surface area contributed by atoms with Gasteiger partial charge in [-0.2, -0.15) is 0 Å². The molecule has 4 N–H and O–H groups in total. The molecule has 1 atom stereocenters. The highest BCUT2D eigenvalue weighted by Crippen LogP contribution is 2.38. The lowest BCUT2D eigenvalue weighted by Crippen LogP contribution is -2.43. The normalized spacial score (nSPS) is 19.3. The number of hydrogen-bond donors (Lipinski definition) is 3. The van der Waals surface area contributed by atoms with Crippen molar-refractivity contribution in [3.63, 3.8) is 0 Å². The van der Waals surface area contributed by atoms with Crippen LogP contribution in [0.4, 0.5) is 11.4 Å². The third-order valence-electron chi connectivity index (χ3n) is 4.54. The molecule has 6 nitrogen and oxygen atoms in total. The molecule has 7 heteroatoms. The van der Waals surface area contributed by atoms with E-state index in [-0.39, 0.29) is 17.9 Å². The molecule has 1 amide bonds. The fraction of sp³-hybridized carbons (Fsp3) is 0.579. The summed E-state index contributed by atoms with van der Waals surface area (Å²) < 4.78 is 0.916. The van der Waals surface area contributed by atoms with E-state index in [0.29, 0.717) is 0 Å². The second-order valence-electron chi connectivity index (χ2n) is 7.43. The second-order valence-corrected chi connectivity index (χ2v) is 8.29. The van der Waals surface area contributed by atoms with Crippen LogP contribution in [0.25, 0.3) is 11.0 Å². The van der Waals surface area contributed by atoms with Crippen molar-refractivity contribution in [3.05, 3.63) is 16.9 Å².